The predicted octanol–water partition coefficient (Wildman–Crippen LogP) is 6.31. The van der Waals surface area contributed by atoms with Gasteiger partial charge in [0.1, 0.15) is 5.75 Å². The number of amides is 1. The summed E-state index contributed by atoms with van der Waals surface area (Å²) in [7, 11) is 0. The molecular formula is C21H20I2N2O2S. The van der Waals surface area contributed by atoms with Crippen molar-refractivity contribution in [2.45, 2.75) is 26.7 Å². The number of thioether (sulfide) groups is 1. The van der Waals surface area contributed by atoms with Crippen molar-refractivity contribution in [3.8, 4) is 5.75 Å². The molecule has 0 unspecified atom stereocenters. The number of benzene rings is 2. The second kappa shape index (κ2) is 9.62. The standard InChI is InChI=1S/C21H20I2N2O2S/c1-3-4-9-25-20(27)18(11-14-10-15(22)12-17(23)19(14)26)28-21(25)24-16-7-5-13(2)6-8-16/h5-8,10-12,26H,3-4,9H2,1-2H3/b18-11+,24-21?. The zero-order valence-corrected chi connectivity index (χ0v) is 20.7. The van der Waals surface area contributed by atoms with Gasteiger partial charge in [0.05, 0.1) is 14.2 Å². The van der Waals surface area contributed by atoms with Gasteiger partial charge in [-0.1, -0.05) is 31.0 Å². The third kappa shape index (κ3) is 5.10. The minimum Gasteiger partial charge on any atom is -0.506 e. The summed E-state index contributed by atoms with van der Waals surface area (Å²) in [6.45, 7) is 4.78. The molecule has 0 atom stereocenters. The number of phenols is 1. The first-order valence-electron chi connectivity index (χ1n) is 8.94. The number of rotatable bonds is 5. The minimum absolute atomic E-state index is 0.0578. The van der Waals surface area contributed by atoms with E-state index in [0.717, 1.165) is 25.7 Å². The second-order valence-electron chi connectivity index (χ2n) is 6.48. The van der Waals surface area contributed by atoms with Crippen LogP contribution in [0.2, 0.25) is 0 Å². The van der Waals surface area contributed by atoms with Crippen molar-refractivity contribution >= 4 is 79.8 Å². The number of aliphatic imine (C=N–C) groups is 1. The summed E-state index contributed by atoms with van der Waals surface area (Å²) in [4.78, 5) is 20.1. The Labute approximate surface area is 196 Å². The van der Waals surface area contributed by atoms with Crippen LogP contribution in [0.5, 0.6) is 5.75 Å². The van der Waals surface area contributed by atoms with Crippen molar-refractivity contribution in [1.82, 2.24) is 4.90 Å². The van der Waals surface area contributed by atoms with Crippen LogP contribution in [0, 0.1) is 14.1 Å². The molecule has 1 aliphatic heterocycles. The number of carbonyl (C=O) groups excluding carboxylic acids is 1. The first-order chi connectivity index (χ1) is 13.4. The van der Waals surface area contributed by atoms with E-state index < -0.39 is 0 Å². The normalized spacial score (nSPS) is 17.1. The van der Waals surface area contributed by atoms with E-state index in [4.69, 9.17) is 4.99 Å². The number of hydrogen-bond acceptors (Lipinski definition) is 4. The molecule has 1 N–H and O–H groups in total. The number of hydrogen-bond donors (Lipinski definition) is 1. The van der Waals surface area contributed by atoms with Crippen molar-refractivity contribution < 1.29 is 9.90 Å². The van der Waals surface area contributed by atoms with Crippen LogP contribution in [0.25, 0.3) is 6.08 Å². The summed E-state index contributed by atoms with van der Waals surface area (Å²) in [5.41, 5.74) is 2.65. The molecule has 1 saturated heterocycles. The highest BCUT2D eigenvalue weighted by molar-refractivity contribution is 14.1. The Bertz CT molecular complexity index is 956. The van der Waals surface area contributed by atoms with E-state index in [0.29, 0.717) is 22.2 Å². The van der Waals surface area contributed by atoms with Crippen LogP contribution >= 0.6 is 56.9 Å². The number of unbranched alkanes of at least 4 members (excludes halogenated alkanes) is 1. The monoisotopic (exact) mass is 618 g/mol. The molecule has 2 aromatic rings. The van der Waals surface area contributed by atoms with Crippen LogP contribution in [0.1, 0.15) is 30.9 Å². The molecule has 7 heteroatoms. The molecule has 2 aromatic carbocycles. The van der Waals surface area contributed by atoms with E-state index in [1.54, 1.807) is 11.0 Å². The highest BCUT2D eigenvalue weighted by Gasteiger charge is 2.33. The molecule has 0 saturated carbocycles. The predicted molar refractivity (Wildman–Crippen MR) is 134 cm³/mol. The van der Waals surface area contributed by atoms with Crippen LogP contribution < -0.4 is 0 Å². The number of amidine groups is 1. The van der Waals surface area contributed by atoms with Gasteiger partial charge in [0.2, 0.25) is 0 Å². The van der Waals surface area contributed by atoms with Crippen molar-refractivity contribution in [1.29, 1.82) is 0 Å². The molecule has 1 aliphatic rings. The van der Waals surface area contributed by atoms with Crippen LogP contribution in [-0.4, -0.2) is 27.6 Å². The number of aryl methyl sites for hydroxylation is 1. The van der Waals surface area contributed by atoms with Gasteiger partial charge >= 0.3 is 0 Å². The summed E-state index contributed by atoms with van der Waals surface area (Å²) in [6, 6.07) is 11.7. The Hall–Kier alpha value is -1.07. The molecule has 1 fully saturated rings. The first-order valence-corrected chi connectivity index (χ1v) is 11.9. The quantitative estimate of drug-likeness (QED) is 0.316. The topological polar surface area (TPSA) is 52.9 Å². The molecule has 1 heterocycles. The highest BCUT2D eigenvalue weighted by Crippen LogP contribution is 2.37. The molecule has 1 amide bonds. The number of nitrogens with zero attached hydrogens (tertiary/aromatic N) is 2. The Kier molecular flexibility index (Phi) is 7.43. The summed E-state index contributed by atoms with van der Waals surface area (Å²) in [5.74, 6) is 0.142. The maximum Gasteiger partial charge on any atom is 0.266 e. The lowest BCUT2D eigenvalue weighted by molar-refractivity contribution is -0.122. The Morgan fingerprint density at radius 1 is 1.21 bits per heavy atom. The average Bonchev–Trinajstić information content (AvgIpc) is 2.94. The molecule has 0 aliphatic carbocycles. The minimum atomic E-state index is -0.0578. The lowest BCUT2D eigenvalue weighted by Gasteiger charge is -2.14. The summed E-state index contributed by atoms with van der Waals surface area (Å²) < 4.78 is 1.78. The van der Waals surface area contributed by atoms with Crippen molar-refractivity contribution in [2.24, 2.45) is 4.99 Å². The zero-order valence-electron chi connectivity index (χ0n) is 15.6. The number of halogens is 2. The van der Waals surface area contributed by atoms with E-state index in [1.807, 2.05) is 43.3 Å². The van der Waals surface area contributed by atoms with Gasteiger partial charge in [0.15, 0.2) is 5.17 Å². The number of phenolic OH excluding ortho intramolecular Hbond substituents is 1. The maximum atomic E-state index is 13.0. The van der Waals surface area contributed by atoms with E-state index in [2.05, 4.69) is 52.1 Å². The molecule has 4 nitrogen and oxygen atoms in total. The van der Waals surface area contributed by atoms with Crippen LogP contribution in [0.4, 0.5) is 5.69 Å². The second-order valence-corrected chi connectivity index (χ2v) is 9.89. The van der Waals surface area contributed by atoms with E-state index in [-0.39, 0.29) is 11.7 Å². The highest BCUT2D eigenvalue weighted by atomic mass is 127. The van der Waals surface area contributed by atoms with Gasteiger partial charge in [-0.3, -0.25) is 9.69 Å². The maximum absolute atomic E-state index is 13.0. The molecule has 3 rings (SSSR count). The van der Waals surface area contributed by atoms with Gasteiger partial charge in [-0.2, -0.15) is 0 Å². The summed E-state index contributed by atoms with van der Waals surface area (Å²) in [6.07, 6.45) is 3.68. The van der Waals surface area contributed by atoms with Crippen molar-refractivity contribution in [3.05, 3.63) is 59.6 Å². The van der Waals surface area contributed by atoms with Gasteiger partial charge < -0.3 is 5.11 Å². The van der Waals surface area contributed by atoms with Gasteiger partial charge in [0, 0.05) is 15.7 Å². The van der Waals surface area contributed by atoms with Crippen LogP contribution in [0.3, 0.4) is 0 Å². The molecule has 0 bridgehead atoms. The molecule has 0 aromatic heterocycles. The van der Waals surface area contributed by atoms with Crippen molar-refractivity contribution in [3.63, 3.8) is 0 Å². The molecule has 146 valence electrons. The summed E-state index contributed by atoms with van der Waals surface area (Å²) in [5, 5.41) is 11.1. The fourth-order valence-corrected chi connectivity index (χ4v) is 5.58. The number of aromatic hydroxyl groups is 1. The third-order valence-corrected chi connectivity index (χ3v) is 6.68. The van der Waals surface area contributed by atoms with Gasteiger partial charge in [-0.15, -0.1) is 0 Å². The van der Waals surface area contributed by atoms with Crippen LogP contribution in [0.15, 0.2) is 46.3 Å². The van der Waals surface area contributed by atoms with E-state index in [1.165, 1.54) is 17.3 Å². The fraction of sp³-hybridized carbons (Fsp3) is 0.238. The lowest BCUT2D eigenvalue weighted by atomic mass is 10.2. The lowest BCUT2D eigenvalue weighted by Crippen LogP contribution is -2.30. The van der Waals surface area contributed by atoms with Gasteiger partial charge in [0.25, 0.3) is 5.91 Å². The smallest absolute Gasteiger partial charge is 0.266 e. The molecular weight excluding hydrogens is 598 g/mol. The van der Waals surface area contributed by atoms with E-state index >= 15 is 0 Å². The van der Waals surface area contributed by atoms with Crippen molar-refractivity contribution in [2.75, 3.05) is 6.54 Å². The van der Waals surface area contributed by atoms with Gasteiger partial charge in [-0.25, -0.2) is 4.99 Å². The Morgan fingerprint density at radius 2 is 1.93 bits per heavy atom. The Morgan fingerprint density at radius 3 is 2.61 bits per heavy atom. The summed E-state index contributed by atoms with van der Waals surface area (Å²) >= 11 is 5.68. The first kappa shape index (κ1) is 21.6. The number of carbonyl (C=O) groups is 1. The largest absolute Gasteiger partial charge is 0.506 e. The van der Waals surface area contributed by atoms with Crippen LogP contribution in [-0.2, 0) is 4.79 Å². The average molecular weight is 618 g/mol. The SMILES string of the molecule is CCCCN1C(=O)/C(=C\c2cc(I)cc(I)c2O)SC1=Nc1ccc(C)cc1. The third-order valence-electron chi connectivity index (χ3n) is 4.23. The Balaban J connectivity index is 1.98. The molecule has 28 heavy (non-hydrogen) atoms. The molecule has 0 spiro atoms. The molecule has 0 radical (unpaired) electrons. The van der Waals surface area contributed by atoms with Gasteiger partial charge in [-0.05, 0) is 101 Å². The fourth-order valence-electron chi connectivity index (χ4n) is 2.67. The van der Waals surface area contributed by atoms with E-state index in [9.17, 15) is 9.90 Å². The zero-order chi connectivity index (χ0) is 20.3.